The number of carbonyl (C=O) groups excluding carboxylic acids is 1. The van der Waals surface area contributed by atoms with Crippen molar-refractivity contribution in [3.63, 3.8) is 0 Å². The number of imidazole rings is 1. The fourth-order valence-electron chi connectivity index (χ4n) is 5.31. The first-order valence-electron chi connectivity index (χ1n) is 14.2. The van der Waals surface area contributed by atoms with Crippen LogP contribution in [0.1, 0.15) is 62.8 Å². The predicted octanol–water partition coefficient (Wildman–Crippen LogP) is 5.94. The highest BCUT2D eigenvalue weighted by Gasteiger charge is 2.34. The lowest BCUT2D eigenvalue weighted by atomic mass is 10.0. The summed E-state index contributed by atoms with van der Waals surface area (Å²) in [5.74, 6) is 6.43. The first-order chi connectivity index (χ1) is 20.2. The fourth-order valence-corrected chi connectivity index (χ4v) is 5.31. The first kappa shape index (κ1) is 28.0. The average Bonchev–Trinajstić information content (AvgIpc) is 3.75. The number of aromatic nitrogens is 2. The minimum Gasteiger partial charge on any atom is -0.322 e. The van der Waals surface area contributed by atoms with E-state index < -0.39 is 17.6 Å². The molecule has 0 radical (unpaired) electrons. The number of amides is 1. The SMILES string of the molecule is Cc1ccc(C(=O)Nc2ccc(CN3CCN(C)CC3)c(C(F)(F)F)c2)cc1C#Cc1c(C2CC2)nc2ccccn12. The predicted molar refractivity (Wildman–Crippen MR) is 156 cm³/mol. The Bertz CT molecular complexity index is 1700. The molecule has 9 heteroatoms. The second kappa shape index (κ2) is 11.3. The smallest absolute Gasteiger partial charge is 0.322 e. The van der Waals surface area contributed by atoms with Crippen molar-refractivity contribution in [3.05, 3.63) is 100.0 Å². The minimum atomic E-state index is -4.54. The molecule has 1 amide bonds. The first-order valence-corrected chi connectivity index (χ1v) is 14.2. The average molecular weight is 572 g/mol. The molecule has 1 aliphatic heterocycles. The number of nitrogens with zero attached hydrogens (tertiary/aromatic N) is 4. The number of hydrogen-bond acceptors (Lipinski definition) is 4. The molecule has 2 aromatic heterocycles. The summed E-state index contributed by atoms with van der Waals surface area (Å²) in [7, 11) is 2.01. The Morgan fingerprint density at radius 1 is 1.02 bits per heavy atom. The number of rotatable bonds is 5. The Balaban J connectivity index is 1.23. The zero-order valence-corrected chi connectivity index (χ0v) is 23.6. The van der Waals surface area contributed by atoms with Crippen LogP contribution in [0.15, 0.2) is 60.8 Å². The largest absolute Gasteiger partial charge is 0.416 e. The van der Waals surface area contributed by atoms with E-state index in [9.17, 15) is 18.0 Å². The molecular formula is C33H32F3N5O. The molecular weight excluding hydrogens is 539 g/mol. The molecule has 0 atom stereocenters. The lowest BCUT2D eigenvalue weighted by Gasteiger charge is -2.33. The molecule has 1 saturated heterocycles. The van der Waals surface area contributed by atoms with Gasteiger partial charge in [-0.15, -0.1) is 0 Å². The van der Waals surface area contributed by atoms with Crippen LogP contribution in [0, 0.1) is 18.8 Å². The number of fused-ring (bicyclic) bond motifs is 1. The summed E-state index contributed by atoms with van der Waals surface area (Å²) in [4.78, 5) is 22.1. The highest BCUT2D eigenvalue weighted by atomic mass is 19.4. The maximum Gasteiger partial charge on any atom is 0.416 e. The van der Waals surface area contributed by atoms with Gasteiger partial charge in [0.05, 0.1) is 11.3 Å². The van der Waals surface area contributed by atoms with E-state index in [1.807, 2.05) is 47.7 Å². The Labute approximate surface area is 243 Å². The van der Waals surface area contributed by atoms with E-state index in [1.54, 1.807) is 18.2 Å². The summed E-state index contributed by atoms with van der Waals surface area (Å²) >= 11 is 0. The van der Waals surface area contributed by atoms with Crippen LogP contribution in [0.3, 0.4) is 0 Å². The summed E-state index contributed by atoms with van der Waals surface area (Å²) in [6, 6.07) is 15.0. The number of aryl methyl sites for hydroxylation is 1. The maximum absolute atomic E-state index is 14.0. The molecule has 42 heavy (non-hydrogen) atoms. The van der Waals surface area contributed by atoms with E-state index >= 15 is 0 Å². The van der Waals surface area contributed by atoms with Gasteiger partial charge in [0.25, 0.3) is 5.91 Å². The lowest BCUT2D eigenvalue weighted by Crippen LogP contribution is -2.44. The highest BCUT2D eigenvalue weighted by Crippen LogP contribution is 2.41. The van der Waals surface area contributed by atoms with Gasteiger partial charge in [0.15, 0.2) is 0 Å². The number of carbonyl (C=O) groups is 1. The van der Waals surface area contributed by atoms with Crippen molar-refractivity contribution in [3.8, 4) is 11.8 Å². The fraction of sp³-hybridized carbons (Fsp3) is 0.333. The van der Waals surface area contributed by atoms with Crippen LogP contribution >= 0.6 is 0 Å². The number of likely N-dealkylation sites (N-methyl/N-ethyl adjacent to an activating group) is 1. The van der Waals surface area contributed by atoms with Crippen LogP contribution in [-0.2, 0) is 12.7 Å². The van der Waals surface area contributed by atoms with Crippen molar-refractivity contribution in [2.45, 2.75) is 38.4 Å². The number of anilines is 1. The molecule has 1 saturated carbocycles. The van der Waals surface area contributed by atoms with Crippen molar-refractivity contribution < 1.29 is 18.0 Å². The van der Waals surface area contributed by atoms with Crippen molar-refractivity contribution in [1.82, 2.24) is 19.2 Å². The topological polar surface area (TPSA) is 52.9 Å². The van der Waals surface area contributed by atoms with Crippen molar-refractivity contribution in [2.75, 3.05) is 38.5 Å². The van der Waals surface area contributed by atoms with Crippen LogP contribution in [0.4, 0.5) is 18.9 Å². The van der Waals surface area contributed by atoms with Gasteiger partial charge in [0, 0.05) is 61.7 Å². The molecule has 6 nitrogen and oxygen atoms in total. The number of nitrogens with one attached hydrogen (secondary N) is 1. The van der Waals surface area contributed by atoms with Gasteiger partial charge < -0.3 is 10.2 Å². The molecule has 0 unspecified atom stereocenters. The summed E-state index contributed by atoms with van der Waals surface area (Å²) in [5, 5.41) is 2.66. The lowest BCUT2D eigenvalue weighted by molar-refractivity contribution is -0.138. The molecule has 0 bridgehead atoms. The van der Waals surface area contributed by atoms with Crippen LogP contribution in [0.25, 0.3) is 5.65 Å². The Kier molecular flexibility index (Phi) is 7.52. The molecule has 2 fully saturated rings. The van der Waals surface area contributed by atoms with Gasteiger partial charge in [-0.3, -0.25) is 14.1 Å². The third kappa shape index (κ3) is 6.06. The Hall–Kier alpha value is -4.13. The van der Waals surface area contributed by atoms with Crippen LogP contribution < -0.4 is 5.32 Å². The van der Waals surface area contributed by atoms with Gasteiger partial charge in [-0.2, -0.15) is 13.2 Å². The molecule has 216 valence electrons. The molecule has 3 heterocycles. The van der Waals surface area contributed by atoms with E-state index in [0.29, 0.717) is 30.1 Å². The standard InChI is InChI=1S/C33H32F3N5O/c1-22-6-7-25(19-24(22)11-13-29-31(23-8-9-23)38-30-5-3-4-14-41(29)30)32(42)37-27-12-10-26(28(20-27)33(34,35)36)21-40-17-15-39(2)16-18-40/h3-7,10,12,14,19-20,23H,8-9,15-18,21H2,1-2H3,(H,37,42). The molecule has 1 N–H and O–H groups in total. The van der Waals surface area contributed by atoms with Crippen molar-refractivity contribution >= 4 is 17.2 Å². The number of hydrogen-bond donors (Lipinski definition) is 1. The number of pyridine rings is 1. The van der Waals surface area contributed by atoms with Gasteiger partial charge in [0.1, 0.15) is 11.3 Å². The highest BCUT2D eigenvalue weighted by molar-refractivity contribution is 6.04. The molecule has 4 aromatic rings. The maximum atomic E-state index is 14.0. The normalized spacial score (nSPS) is 16.3. The molecule has 2 aromatic carbocycles. The van der Waals surface area contributed by atoms with Crippen LogP contribution in [0.5, 0.6) is 0 Å². The Morgan fingerprint density at radius 3 is 2.55 bits per heavy atom. The zero-order chi connectivity index (χ0) is 29.4. The second-order valence-corrected chi connectivity index (χ2v) is 11.2. The van der Waals surface area contributed by atoms with Gasteiger partial charge >= 0.3 is 6.18 Å². The zero-order valence-electron chi connectivity index (χ0n) is 23.6. The summed E-state index contributed by atoms with van der Waals surface area (Å²) in [6.45, 7) is 5.19. The van der Waals surface area contributed by atoms with Gasteiger partial charge in [-0.25, -0.2) is 4.98 Å². The van der Waals surface area contributed by atoms with E-state index in [0.717, 1.165) is 54.6 Å². The molecule has 0 spiro atoms. The van der Waals surface area contributed by atoms with Crippen molar-refractivity contribution in [1.29, 1.82) is 0 Å². The monoisotopic (exact) mass is 571 g/mol. The Morgan fingerprint density at radius 2 is 1.81 bits per heavy atom. The number of alkyl halides is 3. The van der Waals surface area contributed by atoms with E-state index in [4.69, 9.17) is 4.98 Å². The third-order valence-electron chi connectivity index (χ3n) is 8.00. The number of benzene rings is 2. The van der Waals surface area contributed by atoms with Gasteiger partial charge in [0.2, 0.25) is 0 Å². The number of halogens is 3. The second-order valence-electron chi connectivity index (χ2n) is 11.2. The third-order valence-corrected chi connectivity index (χ3v) is 8.00. The molecule has 2 aliphatic rings. The number of piperazine rings is 1. The van der Waals surface area contributed by atoms with E-state index in [1.165, 1.54) is 12.1 Å². The van der Waals surface area contributed by atoms with Gasteiger partial charge in [-0.1, -0.05) is 24.1 Å². The van der Waals surface area contributed by atoms with Crippen LogP contribution in [0.2, 0.25) is 0 Å². The minimum absolute atomic E-state index is 0.0995. The van der Waals surface area contributed by atoms with E-state index in [-0.39, 0.29) is 17.8 Å². The molecule has 1 aliphatic carbocycles. The van der Waals surface area contributed by atoms with Crippen LogP contribution in [-0.4, -0.2) is 58.3 Å². The van der Waals surface area contributed by atoms with Gasteiger partial charge in [-0.05, 0) is 80.3 Å². The summed E-state index contributed by atoms with van der Waals surface area (Å²) in [6.07, 6.45) is -0.396. The quantitative estimate of drug-likeness (QED) is 0.302. The van der Waals surface area contributed by atoms with Crippen molar-refractivity contribution in [2.24, 2.45) is 0 Å². The summed E-state index contributed by atoms with van der Waals surface area (Å²) < 4.78 is 44.1. The molecule has 6 rings (SSSR count). The van der Waals surface area contributed by atoms with E-state index in [2.05, 4.69) is 22.1 Å². The summed E-state index contributed by atoms with van der Waals surface area (Å²) in [5.41, 5.74) is 4.16.